The zero-order valence-electron chi connectivity index (χ0n) is 27.5. The van der Waals surface area contributed by atoms with Gasteiger partial charge in [0.15, 0.2) is 19.7 Å². The van der Waals surface area contributed by atoms with Gasteiger partial charge in [-0.2, -0.15) is 0 Å². The highest BCUT2D eigenvalue weighted by Gasteiger charge is 2.81. The molecule has 2 aliphatic carbocycles. The maximum atomic E-state index is 14.4. The molecule has 2 heterocycles. The van der Waals surface area contributed by atoms with Crippen molar-refractivity contribution >= 4 is 20.1 Å². The number of ketones is 1. The van der Waals surface area contributed by atoms with E-state index in [0.29, 0.717) is 39.1 Å². The number of nitrogens with zero attached hydrogens (tertiary/aromatic N) is 1. The van der Waals surface area contributed by atoms with Crippen LogP contribution in [0.15, 0.2) is 12.7 Å². The summed E-state index contributed by atoms with van der Waals surface area (Å²) in [6, 6.07) is 0. The highest BCUT2D eigenvalue weighted by atomic mass is 28.4. The Labute approximate surface area is 253 Å². The van der Waals surface area contributed by atoms with E-state index >= 15 is 0 Å². The van der Waals surface area contributed by atoms with Gasteiger partial charge in [0.05, 0.1) is 31.5 Å². The molecule has 0 radical (unpaired) electrons. The summed E-state index contributed by atoms with van der Waals surface area (Å²) in [6.45, 7) is 26.5. The molecular formula is C32H55NO8Si. The molecule has 42 heavy (non-hydrogen) atoms. The van der Waals surface area contributed by atoms with Crippen LogP contribution in [0.25, 0.3) is 0 Å². The third-order valence-electron chi connectivity index (χ3n) is 11.7. The summed E-state index contributed by atoms with van der Waals surface area (Å²) in [5, 5.41) is 25.1. The Balaban J connectivity index is 1.88. The molecule has 4 rings (SSSR count). The van der Waals surface area contributed by atoms with E-state index in [4.69, 9.17) is 18.6 Å². The maximum absolute atomic E-state index is 14.4. The Hall–Kier alpha value is -1.14. The first-order valence-electron chi connectivity index (χ1n) is 15.5. The lowest BCUT2D eigenvalue weighted by atomic mass is 9.39. The lowest BCUT2D eigenvalue weighted by Gasteiger charge is -2.72. The van der Waals surface area contributed by atoms with Gasteiger partial charge in [0, 0.05) is 30.8 Å². The first kappa shape index (κ1) is 33.7. The van der Waals surface area contributed by atoms with E-state index in [-0.39, 0.29) is 18.0 Å². The molecular weight excluding hydrogens is 554 g/mol. The summed E-state index contributed by atoms with van der Waals surface area (Å²) in [6.07, 6.45) is -0.283. The Morgan fingerprint density at radius 3 is 2.31 bits per heavy atom. The molecule has 240 valence electrons. The van der Waals surface area contributed by atoms with Crippen LogP contribution >= 0.6 is 0 Å². The van der Waals surface area contributed by atoms with E-state index < -0.39 is 71.9 Å². The highest BCUT2D eigenvalue weighted by Crippen LogP contribution is 2.68. The predicted octanol–water partition coefficient (Wildman–Crippen LogP) is 3.86. The first-order chi connectivity index (χ1) is 19.1. The van der Waals surface area contributed by atoms with Gasteiger partial charge in [-0.05, 0) is 50.2 Å². The summed E-state index contributed by atoms with van der Waals surface area (Å²) in [7, 11) is -2.40. The summed E-state index contributed by atoms with van der Waals surface area (Å²) < 4.78 is 25.4. The van der Waals surface area contributed by atoms with Crippen molar-refractivity contribution in [2.24, 2.45) is 16.7 Å². The summed E-state index contributed by atoms with van der Waals surface area (Å²) in [5.74, 6) is -1.48. The summed E-state index contributed by atoms with van der Waals surface area (Å²) in [5.41, 5.74) is -6.80. The number of hydrogen-bond donors (Lipinski definition) is 2. The van der Waals surface area contributed by atoms with E-state index in [1.165, 1.54) is 0 Å². The number of carbonyl (C=O) groups is 2. The fourth-order valence-electron chi connectivity index (χ4n) is 8.23. The number of esters is 1. The fraction of sp³-hybridized carbons (Fsp3) is 0.875. The predicted molar refractivity (Wildman–Crippen MR) is 162 cm³/mol. The SMILES string of the molecule is C=C[C@@]1(C)CC(=O)[C@]2(O)[C@@]3(C)[C@@H](O[Si](C)(C)C(C)(C)C)CCC(C)(C)[C@@H]3[C@H](OC(=O)CN3CCOCC3)[C@H](O)[C@@]2(C)O1. The molecule has 0 aromatic carbocycles. The van der Waals surface area contributed by atoms with E-state index in [1.807, 2.05) is 11.8 Å². The smallest absolute Gasteiger partial charge is 0.320 e. The van der Waals surface area contributed by atoms with Gasteiger partial charge in [0.25, 0.3) is 0 Å². The van der Waals surface area contributed by atoms with Crippen molar-refractivity contribution in [1.82, 2.24) is 4.90 Å². The van der Waals surface area contributed by atoms with Crippen molar-refractivity contribution in [3.8, 4) is 0 Å². The Kier molecular flexibility index (Phi) is 8.63. The quantitative estimate of drug-likeness (QED) is 0.263. The molecule has 2 saturated carbocycles. The van der Waals surface area contributed by atoms with Gasteiger partial charge in [-0.15, -0.1) is 6.58 Å². The number of ether oxygens (including phenoxy) is 3. The van der Waals surface area contributed by atoms with E-state index in [9.17, 15) is 19.8 Å². The topological polar surface area (TPSA) is 115 Å². The molecule has 2 N–H and O–H groups in total. The number of fused-ring (bicyclic) bond motifs is 3. The molecule has 0 unspecified atom stereocenters. The second kappa shape index (κ2) is 10.7. The molecule has 8 atom stereocenters. The maximum Gasteiger partial charge on any atom is 0.320 e. The van der Waals surface area contributed by atoms with Crippen molar-refractivity contribution in [3.63, 3.8) is 0 Å². The second-order valence-electron chi connectivity index (χ2n) is 16.0. The number of Topliss-reactive ketones (excluding diaryl/α,β-unsaturated/α-hetero) is 1. The molecule has 9 nitrogen and oxygen atoms in total. The molecule has 2 saturated heterocycles. The van der Waals surface area contributed by atoms with Gasteiger partial charge in [-0.1, -0.05) is 47.6 Å². The zero-order valence-corrected chi connectivity index (χ0v) is 28.5. The van der Waals surface area contributed by atoms with Crippen molar-refractivity contribution in [1.29, 1.82) is 0 Å². The van der Waals surface area contributed by atoms with Crippen molar-refractivity contribution < 1.29 is 38.4 Å². The number of rotatable bonds is 6. The molecule has 4 fully saturated rings. The monoisotopic (exact) mass is 609 g/mol. The number of morpholine rings is 1. The number of carbonyl (C=O) groups excluding carboxylic acids is 2. The molecule has 0 aromatic heterocycles. The average Bonchev–Trinajstić information content (AvgIpc) is 2.87. The van der Waals surface area contributed by atoms with Crippen molar-refractivity contribution in [2.75, 3.05) is 32.8 Å². The molecule has 0 spiro atoms. The number of hydrogen-bond acceptors (Lipinski definition) is 9. The van der Waals surface area contributed by atoms with Gasteiger partial charge < -0.3 is 28.8 Å². The zero-order chi connectivity index (χ0) is 31.7. The minimum Gasteiger partial charge on any atom is -0.458 e. The lowest BCUT2D eigenvalue weighted by molar-refractivity contribution is -0.369. The van der Waals surface area contributed by atoms with Crippen LogP contribution in [0, 0.1) is 16.7 Å². The standard InChI is InChI=1S/C32H55NO8Si/c1-12-29(7)19-21(34)32(37)30(8)22(40-42(10,11)27(2,3)4)13-14-28(5,6)25(30)24(26(36)31(32,9)41-29)39-23(35)20-33-15-17-38-18-16-33/h12,22,24-26,36-37H,1,13-20H2,2-11H3/t22-,24-,25-,26-,29-,30-,31+,32-/m0/s1. The van der Waals surface area contributed by atoms with Gasteiger partial charge in [-0.3, -0.25) is 14.5 Å². The average molecular weight is 610 g/mol. The van der Waals surface area contributed by atoms with Crippen LogP contribution in [0.4, 0.5) is 0 Å². The normalized spacial score (nSPS) is 42.8. The Morgan fingerprint density at radius 2 is 1.76 bits per heavy atom. The van der Waals surface area contributed by atoms with Crippen LogP contribution in [0.3, 0.4) is 0 Å². The van der Waals surface area contributed by atoms with Crippen LogP contribution < -0.4 is 0 Å². The molecule has 0 aromatic rings. The third kappa shape index (κ3) is 5.06. The Morgan fingerprint density at radius 1 is 1.17 bits per heavy atom. The number of aliphatic hydroxyl groups excluding tert-OH is 1. The van der Waals surface area contributed by atoms with E-state index in [2.05, 4.69) is 54.3 Å². The third-order valence-corrected chi connectivity index (χ3v) is 16.2. The van der Waals surface area contributed by atoms with Gasteiger partial charge >= 0.3 is 5.97 Å². The molecule has 0 bridgehead atoms. The first-order valence-corrected chi connectivity index (χ1v) is 18.5. The largest absolute Gasteiger partial charge is 0.458 e. The van der Waals surface area contributed by atoms with Crippen molar-refractivity contribution in [2.45, 2.75) is 128 Å². The van der Waals surface area contributed by atoms with E-state index in [0.717, 1.165) is 0 Å². The van der Waals surface area contributed by atoms with Crippen LogP contribution in [-0.2, 0) is 28.2 Å². The van der Waals surface area contributed by atoms with Crippen LogP contribution in [0.2, 0.25) is 18.1 Å². The van der Waals surface area contributed by atoms with Gasteiger partial charge in [0.1, 0.15) is 17.8 Å². The summed E-state index contributed by atoms with van der Waals surface area (Å²) >= 11 is 0. The van der Waals surface area contributed by atoms with Gasteiger partial charge in [0.2, 0.25) is 0 Å². The fourth-order valence-corrected chi connectivity index (χ4v) is 9.66. The summed E-state index contributed by atoms with van der Waals surface area (Å²) in [4.78, 5) is 29.9. The van der Waals surface area contributed by atoms with Crippen molar-refractivity contribution in [3.05, 3.63) is 12.7 Å². The second-order valence-corrected chi connectivity index (χ2v) is 20.7. The minimum atomic E-state index is -2.40. The molecule has 4 aliphatic rings. The molecule has 2 aliphatic heterocycles. The van der Waals surface area contributed by atoms with Gasteiger partial charge in [-0.25, -0.2) is 0 Å². The number of aliphatic hydroxyl groups is 2. The molecule has 0 amide bonds. The van der Waals surface area contributed by atoms with E-state index in [1.54, 1.807) is 19.9 Å². The Bertz CT molecular complexity index is 1080. The lowest BCUT2D eigenvalue weighted by Crippen LogP contribution is -2.87. The van der Waals surface area contributed by atoms with Crippen LogP contribution in [0.5, 0.6) is 0 Å². The highest BCUT2D eigenvalue weighted by molar-refractivity contribution is 6.74. The van der Waals surface area contributed by atoms with Crippen LogP contribution in [0.1, 0.15) is 74.7 Å². The minimum absolute atomic E-state index is 0.0610. The molecule has 10 heteroatoms. The van der Waals surface area contributed by atoms with Crippen LogP contribution in [-0.4, -0.2) is 103 Å².